The Hall–Kier alpha value is -5.05. The van der Waals surface area contributed by atoms with Gasteiger partial charge >= 0.3 is 6.18 Å². The Morgan fingerprint density at radius 2 is 1.83 bits per heavy atom. The summed E-state index contributed by atoms with van der Waals surface area (Å²) in [6.45, 7) is 2.68. The number of nitrogens with two attached hydrogens (primary N) is 1. The van der Waals surface area contributed by atoms with Crippen molar-refractivity contribution in [1.82, 2.24) is 39.3 Å². The highest BCUT2D eigenvalue weighted by molar-refractivity contribution is 6.03. The zero-order valence-electron chi connectivity index (χ0n) is 29.8. The van der Waals surface area contributed by atoms with Crippen LogP contribution in [0.25, 0.3) is 5.65 Å². The van der Waals surface area contributed by atoms with Gasteiger partial charge in [0.25, 0.3) is 11.8 Å². The Bertz CT molecular complexity index is 2030. The van der Waals surface area contributed by atoms with Crippen LogP contribution in [0.1, 0.15) is 107 Å². The summed E-state index contributed by atoms with van der Waals surface area (Å²) in [5.41, 5.74) is 8.50. The molecule has 2 N–H and O–H groups in total. The van der Waals surface area contributed by atoms with Gasteiger partial charge in [-0.3, -0.25) is 19.6 Å². The zero-order valence-corrected chi connectivity index (χ0v) is 29.8. The number of amides is 2. The lowest BCUT2D eigenvalue weighted by atomic mass is 9.89. The first-order valence-electron chi connectivity index (χ1n) is 18.2. The summed E-state index contributed by atoms with van der Waals surface area (Å²) >= 11 is 0. The van der Waals surface area contributed by atoms with Crippen LogP contribution in [-0.2, 0) is 6.18 Å². The number of nitrogens with zero attached hydrogens (tertiary/aromatic N) is 9. The molecule has 4 aromatic rings. The van der Waals surface area contributed by atoms with Gasteiger partial charge in [0.2, 0.25) is 5.82 Å². The van der Waals surface area contributed by atoms with Crippen molar-refractivity contribution in [2.75, 3.05) is 20.1 Å². The van der Waals surface area contributed by atoms with Gasteiger partial charge in [0.15, 0.2) is 5.65 Å². The number of halogens is 3. The molecule has 2 amide bonds. The Morgan fingerprint density at radius 3 is 2.57 bits per heavy atom. The van der Waals surface area contributed by atoms with Crippen LogP contribution in [0.4, 0.5) is 13.2 Å². The standard InChI is InChI=1S/C38H43F3N10O2/c1-23-21-51-33(47-34(23)25-9-10-26(42)18-25)19-30(48-51)32-12-8-24(22-50(32)36(52)27-13-16-44-20-28(27)38(39,40)41)7-11-29(43-2)31-6-3-4-17-49(31)37(53)35-45-14-5-15-46-35/h5,7,11,13-16,19-21,24-26,31-32H,3-4,6,8-10,12,17-18,22,42H2,1-2H3. The van der Waals surface area contributed by atoms with Gasteiger partial charge in [-0.25, -0.2) is 19.5 Å². The van der Waals surface area contributed by atoms with Crippen LogP contribution in [0.5, 0.6) is 0 Å². The number of pyridine rings is 1. The predicted octanol–water partition coefficient (Wildman–Crippen LogP) is 5.75. The summed E-state index contributed by atoms with van der Waals surface area (Å²) in [6.07, 6.45) is 12.3. The van der Waals surface area contributed by atoms with Crippen molar-refractivity contribution in [2.45, 2.75) is 88.5 Å². The zero-order chi connectivity index (χ0) is 37.3. The molecule has 4 aromatic heterocycles. The fourth-order valence-corrected chi connectivity index (χ4v) is 8.12. The van der Waals surface area contributed by atoms with Crippen molar-refractivity contribution in [1.29, 1.82) is 0 Å². The molecule has 0 aromatic carbocycles. The molecule has 0 spiro atoms. The van der Waals surface area contributed by atoms with Gasteiger partial charge in [0.05, 0.1) is 40.3 Å². The molecule has 3 aliphatic rings. The first kappa shape index (κ1) is 36.3. The Morgan fingerprint density at radius 1 is 1.02 bits per heavy atom. The molecule has 7 rings (SSSR count). The van der Waals surface area contributed by atoms with E-state index in [-0.39, 0.29) is 42.2 Å². The maximum absolute atomic E-state index is 14.3. The second kappa shape index (κ2) is 15.1. The van der Waals surface area contributed by atoms with E-state index in [1.54, 1.807) is 22.5 Å². The third-order valence-electron chi connectivity index (χ3n) is 10.8. The van der Waals surface area contributed by atoms with Crippen LogP contribution >= 0.6 is 0 Å². The maximum Gasteiger partial charge on any atom is 0.418 e. The van der Waals surface area contributed by atoms with Gasteiger partial charge in [-0.15, -0.1) is 0 Å². The van der Waals surface area contributed by atoms with Crippen LogP contribution in [-0.4, -0.2) is 89.1 Å². The lowest BCUT2D eigenvalue weighted by Gasteiger charge is -2.39. The molecule has 6 heterocycles. The summed E-state index contributed by atoms with van der Waals surface area (Å²) in [5, 5.41) is 4.82. The number of carbonyl (C=O) groups excluding carboxylic acids is 2. The van der Waals surface area contributed by atoms with Crippen LogP contribution in [0.3, 0.4) is 0 Å². The lowest BCUT2D eigenvalue weighted by molar-refractivity contribution is -0.138. The van der Waals surface area contributed by atoms with E-state index in [1.807, 2.05) is 31.3 Å². The summed E-state index contributed by atoms with van der Waals surface area (Å²) in [7, 11) is 1.68. The molecule has 0 radical (unpaired) electrons. The Kier molecular flexibility index (Phi) is 10.4. The van der Waals surface area contributed by atoms with E-state index in [1.165, 1.54) is 23.5 Å². The van der Waals surface area contributed by atoms with Crippen LogP contribution in [0.2, 0.25) is 0 Å². The second-order valence-corrected chi connectivity index (χ2v) is 14.3. The first-order valence-corrected chi connectivity index (χ1v) is 18.2. The Balaban J connectivity index is 1.18. The van der Waals surface area contributed by atoms with Gasteiger partial charge in [-0.05, 0) is 88.0 Å². The smallest absolute Gasteiger partial charge is 0.329 e. The summed E-state index contributed by atoms with van der Waals surface area (Å²) < 4.78 is 44.2. The van der Waals surface area contributed by atoms with Crippen molar-refractivity contribution in [3.8, 4) is 0 Å². The maximum atomic E-state index is 14.3. The molecule has 2 saturated heterocycles. The number of fused-ring (bicyclic) bond motifs is 1. The summed E-state index contributed by atoms with van der Waals surface area (Å²) in [4.78, 5) is 52.4. The number of hydrogen-bond donors (Lipinski definition) is 1. The minimum atomic E-state index is -4.77. The molecule has 15 heteroatoms. The Labute approximate surface area is 305 Å². The molecular formula is C38H43F3N10O2. The lowest BCUT2D eigenvalue weighted by Crippen LogP contribution is -2.48. The fourth-order valence-electron chi connectivity index (χ4n) is 8.12. The highest BCUT2D eigenvalue weighted by atomic mass is 19.4. The van der Waals surface area contributed by atoms with Gasteiger partial charge in [0, 0.05) is 69.1 Å². The van der Waals surface area contributed by atoms with Crippen LogP contribution < -0.4 is 5.73 Å². The van der Waals surface area contributed by atoms with E-state index in [4.69, 9.17) is 15.8 Å². The van der Waals surface area contributed by atoms with E-state index >= 15 is 0 Å². The average molecular weight is 729 g/mol. The molecule has 5 unspecified atom stereocenters. The summed E-state index contributed by atoms with van der Waals surface area (Å²) in [6, 6.07) is 3.88. The molecule has 1 aliphatic carbocycles. The molecular weight excluding hydrogens is 685 g/mol. The largest absolute Gasteiger partial charge is 0.418 e. The monoisotopic (exact) mass is 728 g/mol. The number of aliphatic imine (C=N–C) groups is 1. The topological polar surface area (TPSA) is 148 Å². The van der Waals surface area contributed by atoms with E-state index < -0.39 is 29.3 Å². The normalized spacial score (nSPS) is 24.3. The quantitative estimate of drug-likeness (QED) is 0.237. The SMILES string of the molecule is CN=C(C=CC1CCC(c2cc3nc(C4CCC(N)C4)c(C)cn3n2)N(C(=O)c2ccncc2C(F)(F)F)C1)C1CCCCN1C(=O)c1ncccn1. The van der Waals surface area contributed by atoms with E-state index in [0.717, 1.165) is 49.4 Å². The second-order valence-electron chi connectivity index (χ2n) is 14.3. The third-order valence-corrected chi connectivity index (χ3v) is 10.8. The summed E-state index contributed by atoms with van der Waals surface area (Å²) in [5.74, 6) is -0.846. The molecule has 5 atom stereocenters. The van der Waals surface area contributed by atoms with Gasteiger partial charge in [-0.2, -0.15) is 18.3 Å². The number of aryl methyl sites for hydroxylation is 1. The number of likely N-dealkylation sites (tertiary alicyclic amines) is 2. The third kappa shape index (κ3) is 7.57. The van der Waals surface area contributed by atoms with Gasteiger partial charge < -0.3 is 15.5 Å². The minimum Gasteiger partial charge on any atom is -0.329 e. The highest BCUT2D eigenvalue weighted by Gasteiger charge is 2.40. The molecule has 1 saturated carbocycles. The molecule has 12 nitrogen and oxygen atoms in total. The van der Waals surface area contributed by atoms with E-state index in [9.17, 15) is 22.8 Å². The number of alkyl halides is 3. The van der Waals surface area contributed by atoms with Crippen LogP contribution in [0.15, 0.2) is 66.3 Å². The molecule has 0 bridgehead atoms. The van der Waals surface area contributed by atoms with Crippen LogP contribution in [0, 0.1) is 12.8 Å². The van der Waals surface area contributed by atoms with Crippen molar-refractivity contribution in [3.05, 3.63) is 95.2 Å². The number of carbonyl (C=O) groups is 2. The number of aromatic nitrogens is 6. The van der Waals surface area contributed by atoms with Gasteiger partial charge in [-0.1, -0.05) is 6.08 Å². The number of hydrogen-bond acceptors (Lipinski definition) is 9. The number of piperidine rings is 2. The molecule has 53 heavy (non-hydrogen) atoms. The van der Waals surface area contributed by atoms with E-state index in [2.05, 4.69) is 19.9 Å². The predicted molar refractivity (Wildman–Crippen MR) is 191 cm³/mol. The molecule has 3 fully saturated rings. The van der Waals surface area contributed by atoms with Gasteiger partial charge in [0.1, 0.15) is 0 Å². The average Bonchev–Trinajstić information content (AvgIpc) is 3.79. The highest BCUT2D eigenvalue weighted by Crippen LogP contribution is 2.39. The molecule has 2 aliphatic heterocycles. The van der Waals surface area contributed by atoms with Crippen molar-refractivity contribution in [3.63, 3.8) is 0 Å². The first-order chi connectivity index (χ1) is 25.5. The number of rotatable bonds is 7. The van der Waals surface area contributed by atoms with E-state index in [0.29, 0.717) is 49.1 Å². The molecule has 278 valence electrons. The van der Waals surface area contributed by atoms with Crippen molar-refractivity contribution in [2.24, 2.45) is 16.6 Å². The van der Waals surface area contributed by atoms with Crippen molar-refractivity contribution < 1.29 is 22.8 Å². The van der Waals surface area contributed by atoms with Crippen molar-refractivity contribution >= 4 is 23.2 Å². The minimum absolute atomic E-state index is 0.122. The fraction of sp³-hybridized carbons (Fsp3) is 0.474.